The van der Waals surface area contributed by atoms with Gasteiger partial charge in [-0.15, -0.1) is 0 Å². The molecule has 0 radical (unpaired) electrons. The molecule has 0 aromatic rings. The van der Waals surface area contributed by atoms with Crippen LogP contribution in [0.4, 0.5) is 0 Å². The zero-order valence-electron chi connectivity index (χ0n) is 19.9. The lowest BCUT2D eigenvalue weighted by atomic mass is 10.0. The number of carbonyl (C=O) groups excluding carboxylic acids is 3. The molecule has 0 aromatic carbocycles. The normalized spacial score (nSPS) is 12.8. The highest BCUT2D eigenvalue weighted by atomic mass is 16.5. The first-order chi connectivity index (χ1) is 14.4. The number of ether oxygens (including phenoxy) is 1. The van der Waals surface area contributed by atoms with Crippen LogP contribution in [-0.2, 0) is 19.1 Å². The fourth-order valence-corrected chi connectivity index (χ4v) is 3.56. The van der Waals surface area contributed by atoms with Gasteiger partial charge in [0.2, 0.25) is 11.8 Å². The molecule has 2 atom stereocenters. The summed E-state index contributed by atoms with van der Waals surface area (Å²) in [4.78, 5) is 35.0. The van der Waals surface area contributed by atoms with E-state index in [1.807, 2.05) is 6.92 Å². The molecule has 6 nitrogen and oxygen atoms in total. The lowest BCUT2D eigenvalue weighted by Crippen LogP contribution is -2.40. The molecule has 2 unspecified atom stereocenters. The Kier molecular flexibility index (Phi) is 18.4. The van der Waals surface area contributed by atoms with Gasteiger partial charge >= 0.3 is 5.97 Å². The van der Waals surface area contributed by atoms with Crippen molar-refractivity contribution in [3.05, 3.63) is 0 Å². The average molecular weight is 427 g/mol. The third kappa shape index (κ3) is 16.2. The van der Waals surface area contributed by atoms with Gasteiger partial charge in [-0.3, -0.25) is 9.59 Å². The second-order valence-corrected chi connectivity index (χ2v) is 8.43. The minimum absolute atomic E-state index is 0.0428. The van der Waals surface area contributed by atoms with Gasteiger partial charge in [0, 0.05) is 19.4 Å². The van der Waals surface area contributed by atoms with Crippen molar-refractivity contribution in [2.24, 2.45) is 5.92 Å². The molecule has 30 heavy (non-hydrogen) atoms. The summed E-state index contributed by atoms with van der Waals surface area (Å²) in [5.74, 6) is -0.530. The second-order valence-electron chi connectivity index (χ2n) is 8.43. The highest BCUT2D eigenvalue weighted by Crippen LogP contribution is 2.14. The maximum atomic E-state index is 12.2. The average Bonchev–Trinajstić information content (AvgIpc) is 2.72. The highest BCUT2D eigenvalue weighted by Gasteiger charge is 2.19. The van der Waals surface area contributed by atoms with E-state index in [9.17, 15) is 14.4 Å². The fourth-order valence-electron chi connectivity index (χ4n) is 3.56. The number of nitrogens with one attached hydrogen (secondary N) is 2. The summed E-state index contributed by atoms with van der Waals surface area (Å²) in [7, 11) is 1.31. The standard InChI is InChI=1S/C24H46N2O4/c1-5-6-7-8-9-10-11-12-13-14-17-20(2)23(28)25-19-16-15-18-22(24(29)30-4)26-21(3)27/h20,22H,5-19H2,1-4H3,(H,25,28)(H,26,27). The minimum atomic E-state index is -0.613. The van der Waals surface area contributed by atoms with E-state index in [0.29, 0.717) is 13.0 Å². The fraction of sp³-hybridized carbons (Fsp3) is 0.875. The van der Waals surface area contributed by atoms with Gasteiger partial charge in [-0.1, -0.05) is 78.1 Å². The number of hydrogen-bond acceptors (Lipinski definition) is 4. The molecule has 176 valence electrons. The van der Waals surface area contributed by atoms with Crippen LogP contribution in [0, 0.1) is 5.92 Å². The molecule has 0 saturated heterocycles. The third-order valence-corrected chi connectivity index (χ3v) is 5.52. The first-order valence-corrected chi connectivity index (χ1v) is 12.0. The Morgan fingerprint density at radius 3 is 1.87 bits per heavy atom. The number of carbonyl (C=O) groups is 3. The molecular weight excluding hydrogens is 380 g/mol. The van der Waals surface area contributed by atoms with E-state index in [0.717, 1.165) is 25.7 Å². The molecule has 0 aliphatic carbocycles. The zero-order valence-corrected chi connectivity index (χ0v) is 19.9. The molecule has 0 bridgehead atoms. The van der Waals surface area contributed by atoms with E-state index >= 15 is 0 Å². The number of amides is 2. The van der Waals surface area contributed by atoms with Crippen molar-refractivity contribution in [1.82, 2.24) is 10.6 Å². The van der Waals surface area contributed by atoms with E-state index in [-0.39, 0.29) is 17.7 Å². The van der Waals surface area contributed by atoms with Crippen LogP contribution in [0.5, 0.6) is 0 Å². The van der Waals surface area contributed by atoms with Crippen molar-refractivity contribution in [1.29, 1.82) is 0 Å². The van der Waals surface area contributed by atoms with E-state index in [2.05, 4.69) is 17.6 Å². The monoisotopic (exact) mass is 426 g/mol. The number of methoxy groups -OCH3 is 1. The maximum Gasteiger partial charge on any atom is 0.328 e. The number of esters is 1. The number of rotatable bonds is 19. The molecule has 0 saturated carbocycles. The van der Waals surface area contributed by atoms with E-state index in [1.165, 1.54) is 71.8 Å². The van der Waals surface area contributed by atoms with Crippen molar-refractivity contribution in [3.8, 4) is 0 Å². The molecule has 0 aliphatic rings. The zero-order chi connectivity index (χ0) is 22.6. The Bertz CT molecular complexity index is 468. The maximum absolute atomic E-state index is 12.2. The summed E-state index contributed by atoms with van der Waals surface area (Å²) in [6.07, 6.45) is 16.0. The summed E-state index contributed by atoms with van der Waals surface area (Å²) in [5, 5.41) is 5.58. The smallest absolute Gasteiger partial charge is 0.328 e. The predicted molar refractivity (Wildman–Crippen MR) is 122 cm³/mol. The summed E-state index contributed by atoms with van der Waals surface area (Å²) in [6.45, 7) is 6.22. The predicted octanol–water partition coefficient (Wildman–Crippen LogP) is 4.90. The van der Waals surface area contributed by atoms with Crippen molar-refractivity contribution >= 4 is 17.8 Å². The number of unbranched alkanes of at least 4 members (excludes halogenated alkanes) is 10. The highest BCUT2D eigenvalue weighted by molar-refractivity contribution is 5.83. The molecule has 0 spiro atoms. The van der Waals surface area contributed by atoms with Crippen LogP contribution in [0.2, 0.25) is 0 Å². The van der Waals surface area contributed by atoms with Crippen molar-refractivity contribution < 1.29 is 19.1 Å². The van der Waals surface area contributed by atoms with Gasteiger partial charge in [0.1, 0.15) is 6.04 Å². The van der Waals surface area contributed by atoms with E-state index in [1.54, 1.807) is 0 Å². The first-order valence-electron chi connectivity index (χ1n) is 12.0. The van der Waals surface area contributed by atoms with Gasteiger partial charge in [-0.25, -0.2) is 4.79 Å². The van der Waals surface area contributed by atoms with E-state index in [4.69, 9.17) is 4.74 Å². The van der Waals surface area contributed by atoms with Crippen LogP contribution >= 0.6 is 0 Å². The largest absolute Gasteiger partial charge is 0.467 e. The topological polar surface area (TPSA) is 84.5 Å². The Balaban J connectivity index is 3.69. The molecule has 6 heteroatoms. The second kappa shape index (κ2) is 19.4. The summed E-state index contributed by atoms with van der Waals surface area (Å²) in [5.41, 5.74) is 0. The van der Waals surface area contributed by atoms with Crippen LogP contribution in [-0.4, -0.2) is 37.5 Å². The Hall–Kier alpha value is -1.59. The van der Waals surface area contributed by atoms with Crippen LogP contribution < -0.4 is 10.6 Å². The van der Waals surface area contributed by atoms with Gasteiger partial charge in [0.05, 0.1) is 7.11 Å². The molecule has 0 aliphatic heterocycles. The molecule has 2 amide bonds. The Labute approximate surface area is 184 Å². The molecular formula is C24H46N2O4. The first kappa shape index (κ1) is 28.4. The lowest BCUT2D eigenvalue weighted by molar-refractivity contribution is -0.145. The van der Waals surface area contributed by atoms with Crippen LogP contribution in [0.25, 0.3) is 0 Å². The molecule has 0 aromatic heterocycles. The van der Waals surface area contributed by atoms with Gasteiger partial charge in [-0.2, -0.15) is 0 Å². The Morgan fingerprint density at radius 1 is 0.800 bits per heavy atom. The van der Waals surface area contributed by atoms with Crippen LogP contribution in [0.15, 0.2) is 0 Å². The van der Waals surface area contributed by atoms with Crippen LogP contribution in [0.1, 0.15) is 111 Å². The SMILES string of the molecule is CCCCCCCCCCCCC(C)C(=O)NCCCCC(NC(C)=O)C(=O)OC. The lowest BCUT2D eigenvalue weighted by Gasteiger charge is -2.15. The van der Waals surface area contributed by atoms with E-state index < -0.39 is 12.0 Å². The molecule has 0 heterocycles. The van der Waals surface area contributed by atoms with Crippen LogP contribution in [0.3, 0.4) is 0 Å². The summed E-state index contributed by atoms with van der Waals surface area (Å²) >= 11 is 0. The summed E-state index contributed by atoms with van der Waals surface area (Å²) in [6, 6.07) is -0.613. The molecule has 0 fully saturated rings. The van der Waals surface area contributed by atoms with Crippen molar-refractivity contribution in [3.63, 3.8) is 0 Å². The van der Waals surface area contributed by atoms with Gasteiger partial charge in [0.15, 0.2) is 0 Å². The minimum Gasteiger partial charge on any atom is -0.467 e. The third-order valence-electron chi connectivity index (χ3n) is 5.52. The van der Waals surface area contributed by atoms with Crippen molar-refractivity contribution in [2.45, 2.75) is 117 Å². The van der Waals surface area contributed by atoms with Crippen molar-refractivity contribution in [2.75, 3.05) is 13.7 Å². The molecule has 0 rings (SSSR count). The quantitative estimate of drug-likeness (QED) is 0.227. The molecule has 2 N–H and O–H groups in total. The van der Waals surface area contributed by atoms with Gasteiger partial charge in [-0.05, 0) is 25.7 Å². The van der Waals surface area contributed by atoms with Gasteiger partial charge in [0.25, 0.3) is 0 Å². The number of hydrogen-bond donors (Lipinski definition) is 2. The Morgan fingerprint density at radius 2 is 1.33 bits per heavy atom. The summed E-state index contributed by atoms with van der Waals surface area (Å²) < 4.78 is 4.70. The van der Waals surface area contributed by atoms with Gasteiger partial charge < -0.3 is 15.4 Å².